The Morgan fingerprint density at radius 3 is 2.77 bits per heavy atom. The normalized spacial score (nSPS) is 29.6. The minimum Gasteiger partial charge on any atom is -0.367 e. The fraction of sp³-hybridized carbons (Fsp3) is 0.529. The second-order valence-electron chi connectivity index (χ2n) is 7.48. The lowest BCUT2D eigenvalue weighted by atomic mass is 9.75. The fourth-order valence-electron chi connectivity index (χ4n) is 3.16. The van der Waals surface area contributed by atoms with Crippen LogP contribution in [0.5, 0.6) is 0 Å². The van der Waals surface area contributed by atoms with Crippen LogP contribution >= 0.6 is 0 Å². The molecule has 2 aromatic heterocycles. The van der Waals surface area contributed by atoms with Gasteiger partial charge in [-0.15, -0.1) is 0 Å². The van der Waals surface area contributed by atoms with Gasteiger partial charge in [-0.3, -0.25) is 0 Å². The highest BCUT2D eigenvalue weighted by Gasteiger charge is 2.38. The molecule has 4 N–H and O–H groups in total. The summed E-state index contributed by atoms with van der Waals surface area (Å²) in [5, 5.41) is 8.90. The highest BCUT2D eigenvalue weighted by molar-refractivity contribution is 5.93. The molecule has 2 fully saturated rings. The van der Waals surface area contributed by atoms with Gasteiger partial charge in [0.1, 0.15) is 11.6 Å². The summed E-state index contributed by atoms with van der Waals surface area (Å²) in [7, 11) is 0. The Morgan fingerprint density at radius 1 is 1.32 bits per heavy atom. The Labute approximate surface area is 132 Å². The van der Waals surface area contributed by atoms with Crippen molar-refractivity contribution in [1.29, 1.82) is 0 Å². The van der Waals surface area contributed by atoms with E-state index >= 15 is 0 Å². The van der Waals surface area contributed by atoms with Gasteiger partial charge in [0.05, 0.1) is 1.37 Å². The first-order valence-corrected chi connectivity index (χ1v) is 7.93. The molecule has 0 aromatic carbocycles. The molecule has 116 valence electrons. The summed E-state index contributed by atoms with van der Waals surface area (Å²) in [4.78, 5) is 8.86. The van der Waals surface area contributed by atoms with Crippen LogP contribution in [-0.2, 0) is 0 Å². The number of nitrogens with two attached hydrogens (primary N) is 1. The molecule has 0 saturated heterocycles. The zero-order chi connectivity index (χ0) is 16.2. The van der Waals surface area contributed by atoms with E-state index in [0.717, 1.165) is 48.1 Å². The average Bonchev–Trinajstić information content (AvgIpc) is 3.14. The minimum absolute atomic E-state index is 0.0521. The number of hydrogen-bond donors (Lipinski definition) is 3. The van der Waals surface area contributed by atoms with E-state index in [-0.39, 0.29) is 17.3 Å². The molecule has 0 unspecified atom stereocenters. The van der Waals surface area contributed by atoms with Gasteiger partial charge in [0, 0.05) is 40.3 Å². The maximum absolute atomic E-state index is 7.89. The summed E-state index contributed by atoms with van der Waals surface area (Å²) in [6.45, 7) is 4.27. The molecule has 0 bridgehead atoms. The number of pyridine rings is 2. The predicted octanol–water partition coefficient (Wildman–Crippen LogP) is 2.89. The summed E-state index contributed by atoms with van der Waals surface area (Å²) >= 11 is 0. The van der Waals surface area contributed by atoms with Crippen LogP contribution in [-0.4, -0.2) is 27.1 Å². The Morgan fingerprint density at radius 2 is 2.09 bits per heavy atom. The number of aromatic nitrogens is 2. The third kappa shape index (κ3) is 2.61. The van der Waals surface area contributed by atoms with Crippen molar-refractivity contribution in [3.05, 3.63) is 24.5 Å². The molecular formula is C17H23N5. The van der Waals surface area contributed by atoms with Crippen molar-refractivity contribution in [2.75, 3.05) is 10.6 Å². The highest BCUT2D eigenvalue weighted by Crippen LogP contribution is 2.39. The van der Waals surface area contributed by atoms with Crippen LogP contribution in [0.2, 0.25) is 0 Å². The quantitative estimate of drug-likeness (QED) is 0.809. The monoisotopic (exact) mass is 298 g/mol. The van der Waals surface area contributed by atoms with Crippen LogP contribution in [0.1, 0.15) is 40.9 Å². The molecule has 5 heteroatoms. The molecule has 5 nitrogen and oxygen atoms in total. The summed E-state index contributed by atoms with van der Waals surface area (Å²) in [5.41, 5.74) is 6.14. The zero-order valence-electron chi connectivity index (χ0n) is 14.1. The highest BCUT2D eigenvalue weighted by atomic mass is 15.1. The van der Waals surface area contributed by atoms with Crippen molar-refractivity contribution in [3.8, 4) is 0 Å². The van der Waals surface area contributed by atoms with Gasteiger partial charge >= 0.3 is 0 Å². The molecule has 2 aliphatic carbocycles. The first kappa shape index (κ1) is 12.6. The van der Waals surface area contributed by atoms with E-state index in [9.17, 15) is 0 Å². The van der Waals surface area contributed by atoms with E-state index in [1.165, 1.54) is 0 Å². The van der Waals surface area contributed by atoms with Gasteiger partial charge in [-0.2, -0.15) is 0 Å². The molecule has 0 atom stereocenters. The second-order valence-corrected chi connectivity index (χ2v) is 7.48. The van der Waals surface area contributed by atoms with Crippen LogP contribution < -0.4 is 16.4 Å². The molecule has 2 aliphatic rings. The van der Waals surface area contributed by atoms with Gasteiger partial charge in [0.15, 0.2) is 0 Å². The van der Waals surface area contributed by atoms with Crippen molar-refractivity contribution < 1.29 is 1.37 Å². The van der Waals surface area contributed by atoms with E-state index in [2.05, 4.69) is 34.4 Å². The molecule has 0 aliphatic heterocycles. The summed E-state index contributed by atoms with van der Waals surface area (Å²) in [6, 6.07) is 4.17. The fourth-order valence-corrected chi connectivity index (χ4v) is 3.16. The maximum Gasteiger partial charge on any atom is 0.134 e. The van der Waals surface area contributed by atoms with Crippen molar-refractivity contribution in [2.24, 2.45) is 5.73 Å². The lowest BCUT2D eigenvalue weighted by Gasteiger charge is -2.42. The number of hydrogen-bond acceptors (Lipinski definition) is 5. The summed E-state index contributed by atoms with van der Waals surface area (Å²) in [5.74, 6) is 1.64. The lowest BCUT2D eigenvalue weighted by molar-refractivity contribution is 0.248. The van der Waals surface area contributed by atoms with Gasteiger partial charge in [-0.1, -0.05) is 0 Å². The van der Waals surface area contributed by atoms with Gasteiger partial charge in [0.25, 0.3) is 0 Å². The number of nitrogens with zero attached hydrogens (tertiary/aromatic N) is 2. The number of nitrogens with one attached hydrogen (secondary N) is 2. The second kappa shape index (κ2) is 4.56. The third-order valence-electron chi connectivity index (χ3n) is 4.78. The third-order valence-corrected chi connectivity index (χ3v) is 4.78. The molecule has 2 saturated carbocycles. The van der Waals surface area contributed by atoms with Crippen LogP contribution in [0.25, 0.3) is 10.8 Å². The number of fused-ring (bicyclic) bond motifs is 1. The topological polar surface area (TPSA) is 75.9 Å². The maximum atomic E-state index is 7.89. The van der Waals surface area contributed by atoms with Gasteiger partial charge in [-0.25, -0.2) is 9.97 Å². The SMILES string of the molecule is [2H]c1cc2cnc(NC3CC(C)(N)C3)cc2c(NC2(C)CC2)n1. The van der Waals surface area contributed by atoms with Crippen molar-refractivity contribution in [1.82, 2.24) is 9.97 Å². The smallest absolute Gasteiger partial charge is 0.134 e. The van der Waals surface area contributed by atoms with Gasteiger partial charge in [0.2, 0.25) is 0 Å². The van der Waals surface area contributed by atoms with Crippen LogP contribution in [0.15, 0.2) is 24.5 Å². The Kier molecular flexibility index (Phi) is 2.62. The van der Waals surface area contributed by atoms with Crippen LogP contribution in [0.4, 0.5) is 11.6 Å². The Bertz CT molecular complexity index is 761. The Balaban J connectivity index is 1.63. The molecule has 0 radical (unpaired) electrons. The largest absolute Gasteiger partial charge is 0.367 e. The Hall–Kier alpha value is -1.88. The van der Waals surface area contributed by atoms with Gasteiger partial charge in [-0.05, 0) is 51.7 Å². The zero-order valence-corrected chi connectivity index (χ0v) is 13.1. The molecule has 0 spiro atoms. The molecule has 0 amide bonds. The molecule has 4 rings (SSSR count). The predicted molar refractivity (Wildman–Crippen MR) is 90.0 cm³/mol. The van der Waals surface area contributed by atoms with E-state index in [1.807, 2.05) is 12.3 Å². The molecule has 2 heterocycles. The van der Waals surface area contributed by atoms with Crippen molar-refractivity contribution in [2.45, 2.75) is 56.7 Å². The van der Waals surface area contributed by atoms with Crippen molar-refractivity contribution in [3.63, 3.8) is 0 Å². The first-order valence-electron chi connectivity index (χ1n) is 8.43. The van der Waals surface area contributed by atoms with Crippen LogP contribution in [0.3, 0.4) is 0 Å². The minimum atomic E-state index is -0.0521. The molecular weight excluding hydrogens is 274 g/mol. The number of anilines is 2. The number of rotatable bonds is 4. The van der Waals surface area contributed by atoms with Crippen molar-refractivity contribution >= 4 is 22.4 Å². The van der Waals surface area contributed by atoms with Crippen LogP contribution in [0, 0.1) is 0 Å². The van der Waals surface area contributed by atoms with Gasteiger partial charge < -0.3 is 16.4 Å². The molecule has 22 heavy (non-hydrogen) atoms. The van der Waals surface area contributed by atoms with E-state index < -0.39 is 0 Å². The standard InChI is InChI=1S/C17H23N5/c1-16(18)8-12(9-16)21-14-7-13-11(10-20-14)3-6-19-15(13)22-17(2)4-5-17/h3,6-7,10,12H,4-5,8-9,18H2,1-2H3,(H,19,22)(H,20,21)/i6D. The summed E-state index contributed by atoms with van der Waals surface area (Å²) < 4.78 is 7.89. The van der Waals surface area contributed by atoms with E-state index in [0.29, 0.717) is 6.04 Å². The average molecular weight is 298 g/mol. The van der Waals surface area contributed by atoms with E-state index in [4.69, 9.17) is 7.10 Å². The first-order chi connectivity index (χ1) is 10.8. The van der Waals surface area contributed by atoms with E-state index in [1.54, 1.807) is 6.07 Å². The lowest BCUT2D eigenvalue weighted by Crippen LogP contribution is -2.54. The summed E-state index contributed by atoms with van der Waals surface area (Å²) in [6.07, 6.45) is 6.29. The molecule has 2 aromatic rings.